The first-order valence-corrected chi connectivity index (χ1v) is 5.16. The number of nitrogens with two attached hydrogens (primary N) is 1. The van der Waals surface area contributed by atoms with Gasteiger partial charge in [0.15, 0.2) is 5.13 Å². The van der Waals surface area contributed by atoms with Gasteiger partial charge in [0.1, 0.15) is 16.6 Å². The molecule has 0 bridgehead atoms. The smallest absolute Gasteiger partial charge is 0.181 e. The van der Waals surface area contributed by atoms with Gasteiger partial charge in [-0.25, -0.2) is 4.98 Å². The van der Waals surface area contributed by atoms with Crippen LogP contribution in [0.25, 0.3) is 21.3 Å². The van der Waals surface area contributed by atoms with Crippen LogP contribution in [0.1, 0.15) is 0 Å². The van der Waals surface area contributed by atoms with E-state index in [-0.39, 0.29) is 0 Å². The van der Waals surface area contributed by atoms with Crippen molar-refractivity contribution in [3.63, 3.8) is 0 Å². The lowest BCUT2D eigenvalue weighted by Gasteiger charge is -1.85. The summed E-state index contributed by atoms with van der Waals surface area (Å²) in [7, 11) is 0. The summed E-state index contributed by atoms with van der Waals surface area (Å²) in [6, 6.07) is 3.92. The highest BCUT2D eigenvalue weighted by atomic mass is 32.1. The average Bonchev–Trinajstić information content (AvgIpc) is 2.65. The molecule has 0 amide bonds. The van der Waals surface area contributed by atoms with Crippen molar-refractivity contribution in [2.24, 2.45) is 0 Å². The van der Waals surface area contributed by atoms with Crippen molar-refractivity contribution in [2.75, 3.05) is 5.73 Å². The molecule has 64 valence electrons. The number of anilines is 1. The maximum absolute atomic E-state index is 5.61. The van der Waals surface area contributed by atoms with Gasteiger partial charge in [-0.1, -0.05) is 11.3 Å². The van der Waals surface area contributed by atoms with Gasteiger partial charge in [-0.15, -0.1) is 0 Å². The summed E-state index contributed by atoms with van der Waals surface area (Å²) < 4.78 is 9.38. The number of aromatic nitrogens is 3. The highest BCUT2D eigenvalue weighted by Gasteiger charge is 2.07. The van der Waals surface area contributed by atoms with Crippen molar-refractivity contribution < 1.29 is 0 Å². The second-order valence-corrected chi connectivity index (χ2v) is 4.19. The molecule has 0 spiro atoms. The predicted octanol–water partition coefficient (Wildman–Crippen LogP) is 1.88. The Morgan fingerprint density at radius 2 is 2.08 bits per heavy atom. The Labute approximate surface area is 81.4 Å². The lowest BCUT2D eigenvalue weighted by Crippen LogP contribution is -1.79. The molecule has 13 heavy (non-hydrogen) atoms. The standard InChI is InChI=1S/C7H4N4S2/c8-7-9-6-4(12-7)2-1-3-5(6)11-13-10-3/h1-2H,(H2,8,9). The predicted molar refractivity (Wildman–Crippen MR) is 55.0 cm³/mol. The van der Waals surface area contributed by atoms with E-state index in [0.717, 1.165) is 21.3 Å². The summed E-state index contributed by atoms with van der Waals surface area (Å²) in [5.74, 6) is 0. The first kappa shape index (κ1) is 7.16. The fraction of sp³-hybridized carbons (Fsp3) is 0. The Balaban J connectivity index is 2.64. The molecule has 0 fully saturated rings. The first-order valence-electron chi connectivity index (χ1n) is 3.62. The minimum atomic E-state index is 0.579. The highest BCUT2D eigenvalue weighted by molar-refractivity contribution is 7.22. The highest BCUT2D eigenvalue weighted by Crippen LogP contribution is 2.28. The van der Waals surface area contributed by atoms with Crippen LogP contribution in [-0.4, -0.2) is 13.7 Å². The lowest BCUT2D eigenvalue weighted by molar-refractivity contribution is 1.50. The molecule has 0 radical (unpaired) electrons. The molecule has 0 unspecified atom stereocenters. The fourth-order valence-electron chi connectivity index (χ4n) is 1.26. The van der Waals surface area contributed by atoms with Crippen molar-refractivity contribution in [3.05, 3.63) is 12.1 Å². The molecule has 2 aromatic heterocycles. The number of hydrogen-bond donors (Lipinski definition) is 1. The Hall–Kier alpha value is -1.27. The third kappa shape index (κ3) is 0.925. The second-order valence-electron chi connectivity index (χ2n) is 2.60. The Kier molecular flexibility index (Phi) is 1.30. The van der Waals surface area contributed by atoms with E-state index in [2.05, 4.69) is 13.7 Å². The molecule has 1 aromatic carbocycles. The molecule has 0 aliphatic rings. The lowest BCUT2D eigenvalue weighted by atomic mass is 10.3. The number of nitrogens with zero attached hydrogens (tertiary/aromatic N) is 3. The second kappa shape index (κ2) is 2.36. The van der Waals surface area contributed by atoms with Crippen LogP contribution in [0, 0.1) is 0 Å². The topological polar surface area (TPSA) is 64.7 Å². The van der Waals surface area contributed by atoms with Crippen LogP contribution in [0.15, 0.2) is 12.1 Å². The number of nitrogen functional groups attached to an aromatic ring is 1. The molecule has 0 aliphatic heterocycles. The SMILES string of the molecule is Nc1nc2c(ccc3nsnc32)s1. The third-order valence-corrected chi connectivity index (χ3v) is 3.19. The van der Waals surface area contributed by atoms with E-state index in [1.807, 2.05) is 12.1 Å². The monoisotopic (exact) mass is 208 g/mol. The number of benzene rings is 1. The van der Waals surface area contributed by atoms with Crippen molar-refractivity contribution in [1.29, 1.82) is 0 Å². The number of thiazole rings is 1. The maximum Gasteiger partial charge on any atom is 0.181 e. The summed E-state index contributed by atoms with van der Waals surface area (Å²) in [4.78, 5) is 4.21. The van der Waals surface area contributed by atoms with Crippen LogP contribution in [0.3, 0.4) is 0 Å². The molecule has 0 saturated heterocycles. The van der Waals surface area contributed by atoms with Crippen molar-refractivity contribution in [3.8, 4) is 0 Å². The number of hydrogen-bond acceptors (Lipinski definition) is 6. The maximum atomic E-state index is 5.61. The van der Waals surface area contributed by atoms with Gasteiger partial charge in [0, 0.05) is 0 Å². The van der Waals surface area contributed by atoms with Gasteiger partial charge in [-0.2, -0.15) is 8.75 Å². The van der Waals surface area contributed by atoms with Crippen molar-refractivity contribution in [2.45, 2.75) is 0 Å². The molecule has 3 aromatic rings. The molecule has 2 N–H and O–H groups in total. The minimum Gasteiger partial charge on any atom is -0.375 e. The Bertz CT molecular complexity index is 582. The van der Waals surface area contributed by atoms with Crippen molar-refractivity contribution in [1.82, 2.24) is 13.7 Å². The molecule has 0 saturated carbocycles. The normalized spacial score (nSPS) is 11.4. The number of rotatable bonds is 0. The molecule has 6 heteroatoms. The van der Waals surface area contributed by atoms with E-state index < -0.39 is 0 Å². The van der Waals surface area contributed by atoms with Gasteiger partial charge < -0.3 is 5.73 Å². The van der Waals surface area contributed by atoms with E-state index in [9.17, 15) is 0 Å². The first-order chi connectivity index (χ1) is 6.34. The number of fused-ring (bicyclic) bond motifs is 3. The van der Waals surface area contributed by atoms with E-state index in [0.29, 0.717) is 5.13 Å². The molecule has 0 atom stereocenters. The fourth-order valence-corrected chi connectivity index (χ4v) is 2.53. The Morgan fingerprint density at radius 1 is 1.15 bits per heavy atom. The molecule has 2 heterocycles. The van der Waals surface area contributed by atoms with Gasteiger partial charge in [0.05, 0.1) is 16.4 Å². The van der Waals surface area contributed by atoms with Crippen molar-refractivity contribution >= 4 is 49.4 Å². The molecule has 0 aliphatic carbocycles. The van der Waals surface area contributed by atoms with E-state index in [1.165, 1.54) is 23.1 Å². The average molecular weight is 208 g/mol. The van der Waals surface area contributed by atoms with Crippen LogP contribution in [0.2, 0.25) is 0 Å². The van der Waals surface area contributed by atoms with E-state index in [4.69, 9.17) is 5.73 Å². The quantitative estimate of drug-likeness (QED) is 0.612. The van der Waals surface area contributed by atoms with Crippen LogP contribution in [0.5, 0.6) is 0 Å². The van der Waals surface area contributed by atoms with Crippen LogP contribution in [0.4, 0.5) is 5.13 Å². The largest absolute Gasteiger partial charge is 0.375 e. The van der Waals surface area contributed by atoms with Gasteiger partial charge in [0.25, 0.3) is 0 Å². The van der Waals surface area contributed by atoms with E-state index in [1.54, 1.807) is 0 Å². The zero-order valence-electron chi connectivity index (χ0n) is 6.39. The van der Waals surface area contributed by atoms with Gasteiger partial charge >= 0.3 is 0 Å². The summed E-state index contributed by atoms with van der Waals surface area (Å²) in [5.41, 5.74) is 8.23. The molecule has 4 nitrogen and oxygen atoms in total. The summed E-state index contributed by atoms with van der Waals surface area (Å²) in [5, 5.41) is 0.579. The van der Waals surface area contributed by atoms with Crippen LogP contribution < -0.4 is 5.73 Å². The summed E-state index contributed by atoms with van der Waals surface area (Å²) in [6.07, 6.45) is 0. The van der Waals surface area contributed by atoms with Crippen LogP contribution in [-0.2, 0) is 0 Å². The van der Waals surface area contributed by atoms with E-state index >= 15 is 0 Å². The summed E-state index contributed by atoms with van der Waals surface area (Å²) >= 11 is 2.67. The van der Waals surface area contributed by atoms with Crippen LogP contribution >= 0.6 is 23.1 Å². The Morgan fingerprint density at radius 3 is 3.00 bits per heavy atom. The van der Waals surface area contributed by atoms with Gasteiger partial charge in [-0.3, -0.25) is 0 Å². The molecular formula is C7H4N4S2. The zero-order chi connectivity index (χ0) is 8.84. The molecule has 3 rings (SSSR count). The minimum absolute atomic E-state index is 0.579. The molecular weight excluding hydrogens is 204 g/mol. The third-order valence-electron chi connectivity index (χ3n) is 1.80. The zero-order valence-corrected chi connectivity index (χ0v) is 8.02. The summed E-state index contributed by atoms with van der Waals surface area (Å²) in [6.45, 7) is 0. The van der Waals surface area contributed by atoms with Gasteiger partial charge in [0.2, 0.25) is 0 Å². The van der Waals surface area contributed by atoms with Gasteiger partial charge in [-0.05, 0) is 12.1 Å².